The molecule has 0 amide bonds. The van der Waals surface area contributed by atoms with Gasteiger partial charge in [-0.1, -0.05) is 167 Å². The van der Waals surface area contributed by atoms with Gasteiger partial charge in [0, 0.05) is 80.6 Å². The summed E-state index contributed by atoms with van der Waals surface area (Å²) < 4.78 is 0. The summed E-state index contributed by atoms with van der Waals surface area (Å²) in [6, 6.07) is 45.1. The van der Waals surface area contributed by atoms with E-state index in [1.54, 1.807) is 0 Å². The van der Waals surface area contributed by atoms with E-state index >= 15 is 0 Å². The maximum atomic E-state index is 5.56. The highest BCUT2D eigenvalue weighted by Gasteiger charge is 2.81. The molecule has 0 saturated heterocycles. The van der Waals surface area contributed by atoms with Crippen LogP contribution in [0.1, 0.15) is 233 Å². The number of aliphatic imine (C=N–C) groups is 6. The molecule has 3 saturated carbocycles. The summed E-state index contributed by atoms with van der Waals surface area (Å²) in [6.07, 6.45) is 26.7. The lowest BCUT2D eigenvalue weighted by atomic mass is 9.52. The molecule has 412 valence electrons. The van der Waals surface area contributed by atoms with Crippen LogP contribution >= 0.6 is 0 Å². The lowest BCUT2D eigenvalue weighted by Crippen LogP contribution is -2.51. The van der Waals surface area contributed by atoms with Gasteiger partial charge in [-0.3, -0.25) is 30.0 Å². The highest BCUT2D eigenvalue weighted by molar-refractivity contribution is 5.90. The van der Waals surface area contributed by atoms with Crippen molar-refractivity contribution in [2.75, 3.05) is 0 Å². The number of nitrogens with zero attached hydrogens (tertiary/aromatic N) is 6. The average Bonchev–Trinajstić information content (AvgIpc) is 1.54. The lowest BCUT2D eigenvalue weighted by molar-refractivity contribution is 0.0997. The van der Waals surface area contributed by atoms with Crippen LogP contribution in [0.25, 0.3) is 0 Å². The number of hydrogen-bond acceptors (Lipinski definition) is 6. The first-order valence-electron chi connectivity index (χ1n) is 31.7. The molecule has 6 aromatic rings. The van der Waals surface area contributed by atoms with Crippen LogP contribution in [-0.2, 0) is 32.5 Å². The van der Waals surface area contributed by atoms with E-state index in [9.17, 15) is 0 Å². The molecule has 24 bridgehead atoms. The third-order valence-corrected chi connectivity index (χ3v) is 26.3. The van der Waals surface area contributed by atoms with Crippen molar-refractivity contribution in [2.24, 2.45) is 40.8 Å². The van der Waals surface area contributed by atoms with Gasteiger partial charge in [0.15, 0.2) is 0 Å². The number of rotatable bonds is 0. The summed E-state index contributed by atoms with van der Waals surface area (Å²) in [5.41, 5.74) is 22.1. The second kappa shape index (κ2) is 16.6. The molecule has 0 radical (unpaired) electrons. The van der Waals surface area contributed by atoms with Gasteiger partial charge in [-0.2, -0.15) is 0 Å². The Morgan fingerprint density at radius 3 is 0.549 bits per heavy atom. The zero-order chi connectivity index (χ0) is 55.6. The van der Waals surface area contributed by atoms with Gasteiger partial charge in [0.2, 0.25) is 0 Å². The predicted octanol–water partition coefficient (Wildman–Crippen LogP) is 15.4. The molecular formula is C76H78N6. The fraction of sp³-hybridized carbons (Fsp3) is 0.447. The minimum atomic E-state index is -0.300. The van der Waals surface area contributed by atoms with Gasteiger partial charge in [0.1, 0.15) is 0 Å². The van der Waals surface area contributed by atoms with Crippen LogP contribution < -0.4 is 0 Å². The highest BCUT2D eigenvalue weighted by atomic mass is 14.9. The van der Waals surface area contributed by atoms with Crippen molar-refractivity contribution in [3.8, 4) is 0 Å². The van der Waals surface area contributed by atoms with E-state index in [4.69, 9.17) is 30.0 Å². The topological polar surface area (TPSA) is 74.2 Å². The molecule has 18 aliphatic rings. The van der Waals surface area contributed by atoms with Gasteiger partial charge in [-0.25, -0.2) is 0 Å². The zero-order valence-electron chi connectivity index (χ0n) is 49.5. The van der Waals surface area contributed by atoms with Crippen LogP contribution in [0, 0.1) is 10.8 Å². The third kappa shape index (κ3) is 5.66. The van der Waals surface area contributed by atoms with Crippen LogP contribution in [-0.4, -0.2) is 73.5 Å². The van der Waals surface area contributed by atoms with Crippen LogP contribution in [0.5, 0.6) is 0 Å². The minimum Gasteiger partial charge on any atom is -0.287 e. The van der Waals surface area contributed by atoms with Crippen molar-refractivity contribution in [2.45, 2.75) is 201 Å². The molecule has 12 atom stereocenters. The Kier molecular flexibility index (Phi) is 10.1. The summed E-state index contributed by atoms with van der Waals surface area (Å²) in [4.78, 5) is 33.3. The van der Waals surface area contributed by atoms with E-state index in [1.165, 1.54) is 139 Å². The van der Waals surface area contributed by atoms with Crippen LogP contribution in [0.3, 0.4) is 0 Å². The fourth-order valence-electron chi connectivity index (χ4n) is 21.5. The maximum absolute atomic E-state index is 5.56. The molecule has 0 spiro atoms. The van der Waals surface area contributed by atoms with Crippen molar-refractivity contribution in [3.63, 3.8) is 0 Å². The molecular weight excluding hydrogens is 997 g/mol. The summed E-state index contributed by atoms with van der Waals surface area (Å²) >= 11 is 0. The van der Waals surface area contributed by atoms with Gasteiger partial charge in [-0.05, 0) is 175 Å². The molecule has 6 heteroatoms. The molecule has 9 aliphatic heterocycles. The minimum absolute atomic E-state index is 0.121. The second-order valence-electron chi connectivity index (χ2n) is 28.8. The van der Waals surface area contributed by atoms with E-state index in [0.29, 0.717) is 0 Å². The summed E-state index contributed by atoms with van der Waals surface area (Å²) in [5, 5.41) is 0. The monoisotopic (exact) mass is 1070 g/mol. The largest absolute Gasteiger partial charge is 0.287 e. The van der Waals surface area contributed by atoms with Crippen molar-refractivity contribution >= 4 is 37.3 Å². The molecule has 24 rings (SSSR count). The van der Waals surface area contributed by atoms with Crippen molar-refractivity contribution < 1.29 is 0 Å². The standard InChI is InChI=1S/C76H78N6/c1-69-51-27-21-46-34-58(51)71(3)53-29-23-47-35-59(53)70(2,75(69,71)7)52-28-22-45(33-57(52)69)39-77-63-15-9-10-16-64(63)80-42-48-24-30-54-60(36-48)72(4)55-31-25-49(43-81-66-18-12-11-17-65(66)78-40-46)37-61(55)74(6)56-32-26-50(38-62(56)73(54,5)76(72,74)8)44-82-68-20-14-13-19-67(68)79-41-47/h21-44,63-68H,9-20H2,1-8H3/t63-,64-,65-,66-,67-,68-,69-,70-,71-,72-,73-,74-,75?,76?/m0/s1. The second-order valence-corrected chi connectivity index (χ2v) is 28.8. The quantitative estimate of drug-likeness (QED) is 0.145. The summed E-state index contributed by atoms with van der Waals surface area (Å²) in [6.45, 7) is 20.8. The first-order chi connectivity index (χ1) is 39.6. The Morgan fingerprint density at radius 2 is 0.390 bits per heavy atom. The molecule has 6 aromatic carbocycles. The number of benzene rings is 6. The van der Waals surface area contributed by atoms with Crippen LogP contribution in [0.15, 0.2) is 139 Å². The third-order valence-electron chi connectivity index (χ3n) is 26.3. The van der Waals surface area contributed by atoms with E-state index in [-0.39, 0.29) is 79.6 Å². The Bertz CT molecular complexity index is 3340. The summed E-state index contributed by atoms with van der Waals surface area (Å²) in [7, 11) is 0. The molecule has 3 fully saturated rings. The van der Waals surface area contributed by atoms with Crippen molar-refractivity contribution in [1.82, 2.24) is 0 Å². The summed E-state index contributed by atoms with van der Waals surface area (Å²) in [5.74, 6) is 0. The van der Waals surface area contributed by atoms with E-state index in [0.717, 1.165) is 38.5 Å². The van der Waals surface area contributed by atoms with Crippen LogP contribution in [0.2, 0.25) is 0 Å². The molecule has 82 heavy (non-hydrogen) atoms. The van der Waals surface area contributed by atoms with Crippen molar-refractivity contribution in [1.29, 1.82) is 0 Å². The zero-order valence-corrected chi connectivity index (χ0v) is 49.5. The normalized spacial score (nSPS) is 38.5. The molecule has 9 aliphatic carbocycles. The van der Waals surface area contributed by atoms with Gasteiger partial charge in [-0.15, -0.1) is 0 Å². The highest BCUT2D eigenvalue weighted by Crippen LogP contribution is 2.84. The van der Waals surface area contributed by atoms with E-state index in [1.807, 2.05) is 0 Å². The molecule has 0 N–H and O–H groups in total. The first-order valence-corrected chi connectivity index (χ1v) is 31.7. The molecule has 0 aromatic heterocycles. The fourth-order valence-corrected chi connectivity index (χ4v) is 21.5. The predicted molar refractivity (Wildman–Crippen MR) is 337 cm³/mol. The van der Waals surface area contributed by atoms with E-state index < -0.39 is 0 Å². The SMILES string of the molecule is CC12[C@@]3(C)c4ccc5cc4[C@]1(C)c1ccc4cc1[C@]2(C)c1ccc(cc13)C=N[C@H]1CCCC[C@@H]1N=Cc1ccc2c(c1)[C@]1(C)c3ccc(cc3[C@]3(C)c6ccc(cc6[C@@]2(C)C13C)C=N[C@H]1CCCC[C@@H]1N=C4)C=N[C@H]1CCCC[C@@H]1N=C5. The van der Waals surface area contributed by atoms with Gasteiger partial charge < -0.3 is 0 Å². The van der Waals surface area contributed by atoms with Gasteiger partial charge in [0.05, 0.1) is 36.3 Å². The van der Waals surface area contributed by atoms with E-state index in [2.05, 4.69) is 202 Å². The Hall–Kier alpha value is -6.66. The van der Waals surface area contributed by atoms with Crippen molar-refractivity contribution in [3.05, 3.63) is 209 Å². The maximum Gasteiger partial charge on any atom is 0.0723 e. The molecule has 6 nitrogen and oxygen atoms in total. The Labute approximate surface area is 486 Å². The first kappa shape index (κ1) is 49.9. The van der Waals surface area contributed by atoms with Gasteiger partial charge >= 0.3 is 0 Å². The van der Waals surface area contributed by atoms with Gasteiger partial charge in [0.25, 0.3) is 0 Å². The molecule has 0 unspecified atom stereocenters. The lowest BCUT2D eigenvalue weighted by Gasteiger charge is -2.49. The average molecular weight is 1080 g/mol. The number of hydrogen-bond donors (Lipinski definition) is 0. The Morgan fingerprint density at radius 1 is 0.232 bits per heavy atom. The van der Waals surface area contributed by atoms with Crippen LogP contribution in [0.4, 0.5) is 0 Å². The Balaban J connectivity index is 0.933. The molecule has 9 heterocycles. The smallest absolute Gasteiger partial charge is 0.0723 e.